The monoisotopic (exact) mass is 365 g/mol. The van der Waals surface area contributed by atoms with Crippen LogP contribution in [0.3, 0.4) is 0 Å². The second-order valence-corrected chi connectivity index (χ2v) is 7.37. The van der Waals surface area contributed by atoms with E-state index in [-0.39, 0.29) is 11.9 Å². The zero-order valence-electron chi connectivity index (χ0n) is 15.7. The summed E-state index contributed by atoms with van der Waals surface area (Å²) >= 11 is 0. The molecule has 1 N–H and O–H groups in total. The fraction of sp³-hybridized carbons (Fsp3) is 0.455. The Labute approximate surface area is 160 Å². The standard InChI is InChI=1S/C22H27N3O2/c26-22(24-15-17-7-8-18-4-1-2-5-19(18)14-17)21(20-6-3-9-23-16-20)25-10-12-27-13-11-25/h3,6-9,14,16,21H,1-2,4-5,10-13,15H2,(H,24,26)/t21-/m1/s1. The van der Waals surface area contributed by atoms with Crippen molar-refractivity contribution in [3.63, 3.8) is 0 Å². The smallest absolute Gasteiger partial charge is 0.242 e. The maximum absolute atomic E-state index is 13.1. The zero-order valence-corrected chi connectivity index (χ0v) is 15.7. The molecule has 0 bridgehead atoms. The number of rotatable bonds is 5. The molecule has 4 rings (SSSR count). The van der Waals surface area contributed by atoms with Crippen LogP contribution in [0, 0.1) is 0 Å². The van der Waals surface area contributed by atoms with Crippen molar-refractivity contribution in [1.82, 2.24) is 15.2 Å². The van der Waals surface area contributed by atoms with Crippen molar-refractivity contribution >= 4 is 5.91 Å². The summed E-state index contributed by atoms with van der Waals surface area (Å²) in [6.07, 6.45) is 8.42. The van der Waals surface area contributed by atoms with Gasteiger partial charge in [-0.25, -0.2) is 0 Å². The lowest BCUT2D eigenvalue weighted by Crippen LogP contribution is -2.45. The van der Waals surface area contributed by atoms with Gasteiger partial charge in [-0.15, -0.1) is 0 Å². The second kappa shape index (κ2) is 8.63. The third-order valence-corrected chi connectivity index (χ3v) is 5.54. The first kappa shape index (κ1) is 18.1. The van der Waals surface area contributed by atoms with Crippen LogP contribution in [0.25, 0.3) is 0 Å². The van der Waals surface area contributed by atoms with Crippen LogP contribution >= 0.6 is 0 Å². The van der Waals surface area contributed by atoms with Gasteiger partial charge in [0.1, 0.15) is 6.04 Å². The fourth-order valence-electron chi connectivity index (χ4n) is 4.08. The van der Waals surface area contributed by atoms with E-state index in [9.17, 15) is 4.79 Å². The molecule has 1 amide bonds. The van der Waals surface area contributed by atoms with Crippen LogP contribution in [-0.4, -0.2) is 42.1 Å². The predicted octanol–water partition coefficient (Wildman–Crippen LogP) is 2.65. The highest BCUT2D eigenvalue weighted by Gasteiger charge is 2.29. The Balaban J connectivity index is 1.46. The molecule has 1 aliphatic heterocycles. The molecule has 1 aromatic heterocycles. The molecule has 1 atom stereocenters. The lowest BCUT2D eigenvalue weighted by atomic mass is 9.90. The van der Waals surface area contributed by atoms with Crippen LogP contribution in [0.1, 0.15) is 41.1 Å². The minimum absolute atomic E-state index is 0.0302. The van der Waals surface area contributed by atoms with Gasteiger partial charge >= 0.3 is 0 Å². The van der Waals surface area contributed by atoms with Crippen molar-refractivity contribution in [2.75, 3.05) is 26.3 Å². The normalized spacial score (nSPS) is 18.5. The first-order valence-electron chi connectivity index (χ1n) is 9.91. The lowest BCUT2D eigenvalue weighted by molar-refractivity contribution is -0.128. The molecule has 0 unspecified atom stereocenters. The molecule has 2 heterocycles. The van der Waals surface area contributed by atoms with E-state index in [2.05, 4.69) is 33.4 Å². The Morgan fingerprint density at radius 1 is 1.15 bits per heavy atom. The van der Waals surface area contributed by atoms with Crippen LogP contribution in [-0.2, 0) is 28.9 Å². The molecule has 2 aliphatic rings. The number of nitrogens with one attached hydrogen (secondary N) is 1. The number of hydrogen-bond donors (Lipinski definition) is 1. The molecular formula is C22H27N3O2. The Bertz CT molecular complexity index is 772. The van der Waals surface area contributed by atoms with Crippen LogP contribution in [0.4, 0.5) is 0 Å². The summed E-state index contributed by atoms with van der Waals surface area (Å²) in [7, 11) is 0. The van der Waals surface area contributed by atoms with E-state index >= 15 is 0 Å². The summed E-state index contributed by atoms with van der Waals surface area (Å²) in [5.41, 5.74) is 5.03. The third kappa shape index (κ3) is 4.37. The zero-order chi connectivity index (χ0) is 18.5. The molecule has 2 aromatic rings. The van der Waals surface area contributed by atoms with E-state index < -0.39 is 0 Å². The minimum atomic E-state index is -0.319. The number of morpholine rings is 1. The number of pyridine rings is 1. The Morgan fingerprint density at radius 2 is 1.96 bits per heavy atom. The predicted molar refractivity (Wildman–Crippen MR) is 104 cm³/mol. The number of ether oxygens (including phenoxy) is 1. The van der Waals surface area contributed by atoms with Gasteiger partial charge in [-0.2, -0.15) is 0 Å². The number of aromatic nitrogens is 1. The summed E-state index contributed by atoms with van der Waals surface area (Å²) in [4.78, 5) is 19.5. The largest absolute Gasteiger partial charge is 0.379 e. The molecule has 1 saturated heterocycles. The van der Waals surface area contributed by atoms with Crippen molar-refractivity contribution < 1.29 is 9.53 Å². The van der Waals surface area contributed by atoms with Crippen LogP contribution in [0.15, 0.2) is 42.7 Å². The van der Waals surface area contributed by atoms with Crippen molar-refractivity contribution in [3.8, 4) is 0 Å². The van der Waals surface area contributed by atoms with Gasteiger partial charge in [0.2, 0.25) is 5.91 Å². The molecule has 5 heteroatoms. The highest BCUT2D eigenvalue weighted by Crippen LogP contribution is 2.24. The Kier molecular flexibility index (Phi) is 5.80. The molecule has 5 nitrogen and oxygen atoms in total. The van der Waals surface area contributed by atoms with Crippen LogP contribution in [0.5, 0.6) is 0 Å². The first-order valence-corrected chi connectivity index (χ1v) is 9.91. The summed E-state index contributed by atoms with van der Waals surface area (Å²) in [5, 5.41) is 3.15. The summed E-state index contributed by atoms with van der Waals surface area (Å²) < 4.78 is 5.46. The minimum Gasteiger partial charge on any atom is -0.379 e. The highest BCUT2D eigenvalue weighted by molar-refractivity contribution is 5.83. The molecule has 142 valence electrons. The number of nitrogens with zero attached hydrogens (tertiary/aromatic N) is 2. The summed E-state index contributed by atoms with van der Waals surface area (Å²) in [6.45, 7) is 3.40. The van der Waals surface area contributed by atoms with E-state index in [1.54, 1.807) is 12.4 Å². The molecule has 1 aromatic carbocycles. The Morgan fingerprint density at radius 3 is 2.74 bits per heavy atom. The fourth-order valence-corrected chi connectivity index (χ4v) is 4.08. The van der Waals surface area contributed by atoms with Crippen molar-refractivity contribution in [3.05, 3.63) is 65.0 Å². The topological polar surface area (TPSA) is 54.5 Å². The molecule has 0 radical (unpaired) electrons. The summed E-state index contributed by atoms with van der Waals surface area (Å²) in [6, 6.07) is 10.2. The van der Waals surface area contributed by atoms with Gasteiger partial charge in [0.15, 0.2) is 0 Å². The maximum Gasteiger partial charge on any atom is 0.242 e. The molecular weight excluding hydrogens is 338 g/mol. The summed E-state index contributed by atoms with van der Waals surface area (Å²) in [5.74, 6) is 0.0302. The number of amides is 1. The van der Waals surface area contributed by atoms with Gasteiger partial charge in [-0.3, -0.25) is 14.7 Å². The van der Waals surface area contributed by atoms with Crippen molar-refractivity contribution in [2.24, 2.45) is 0 Å². The molecule has 1 fully saturated rings. The Hall–Kier alpha value is -2.24. The third-order valence-electron chi connectivity index (χ3n) is 5.54. The molecule has 0 spiro atoms. The number of aryl methyl sites for hydroxylation is 2. The quantitative estimate of drug-likeness (QED) is 0.885. The van der Waals surface area contributed by atoms with Gasteiger partial charge in [0.25, 0.3) is 0 Å². The highest BCUT2D eigenvalue weighted by atomic mass is 16.5. The molecule has 27 heavy (non-hydrogen) atoms. The average molecular weight is 365 g/mol. The van der Waals surface area contributed by atoms with E-state index in [1.165, 1.54) is 36.0 Å². The first-order chi connectivity index (χ1) is 13.3. The van der Waals surface area contributed by atoms with Gasteiger partial charge < -0.3 is 10.1 Å². The lowest BCUT2D eigenvalue weighted by Gasteiger charge is -2.33. The number of fused-ring (bicyclic) bond motifs is 1. The van der Waals surface area contributed by atoms with E-state index in [1.807, 2.05) is 12.1 Å². The van der Waals surface area contributed by atoms with Crippen LogP contribution in [0.2, 0.25) is 0 Å². The second-order valence-electron chi connectivity index (χ2n) is 7.37. The van der Waals surface area contributed by atoms with E-state index in [0.717, 1.165) is 25.1 Å². The van der Waals surface area contributed by atoms with Crippen molar-refractivity contribution in [2.45, 2.75) is 38.3 Å². The van der Waals surface area contributed by atoms with E-state index in [4.69, 9.17) is 4.74 Å². The number of hydrogen-bond acceptors (Lipinski definition) is 4. The number of carbonyl (C=O) groups is 1. The van der Waals surface area contributed by atoms with Gasteiger partial charge in [0.05, 0.1) is 13.2 Å². The number of carbonyl (C=O) groups excluding carboxylic acids is 1. The maximum atomic E-state index is 13.1. The molecule has 0 saturated carbocycles. The van der Waals surface area contributed by atoms with Gasteiger partial charge in [-0.05, 0) is 54.0 Å². The van der Waals surface area contributed by atoms with Gasteiger partial charge in [0, 0.05) is 32.0 Å². The SMILES string of the molecule is O=C(NCc1ccc2c(c1)CCCC2)[C@@H](c1cccnc1)N1CCOCC1. The van der Waals surface area contributed by atoms with E-state index in [0.29, 0.717) is 19.8 Å². The number of benzene rings is 1. The van der Waals surface area contributed by atoms with Crippen LogP contribution < -0.4 is 5.32 Å². The molecule has 1 aliphatic carbocycles. The average Bonchev–Trinajstić information content (AvgIpc) is 2.74. The van der Waals surface area contributed by atoms with Crippen molar-refractivity contribution in [1.29, 1.82) is 0 Å². The van der Waals surface area contributed by atoms with Gasteiger partial charge in [-0.1, -0.05) is 24.3 Å².